The molecule has 15 heteroatoms. The lowest BCUT2D eigenvalue weighted by molar-refractivity contribution is -0.150. The van der Waals surface area contributed by atoms with Gasteiger partial charge in [-0.3, -0.25) is 14.5 Å². The second-order valence-electron chi connectivity index (χ2n) is 5.84. The summed E-state index contributed by atoms with van der Waals surface area (Å²) in [6, 6.07) is -0.976. The Morgan fingerprint density at radius 1 is 1.52 bits per heavy atom. The van der Waals surface area contributed by atoms with Crippen LogP contribution in [0, 0.1) is 0 Å². The Balaban J connectivity index is 1.73. The van der Waals surface area contributed by atoms with E-state index in [1.165, 1.54) is 30.5 Å². The number of nitrogens with one attached hydrogen (secondary N) is 1. The van der Waals surface area contributed by atoms with Gasteiger partial charge in [0.15, 0.2) is 10.8 Å². The number of carbonyl (C=O) groups is 3. The molecule has 3 heterocycles. The molecular formula is C16H16N6O6S3. The molecule has 1 fully saturated rings. The Morgan fingerprint density at radius 3 is 2.90 bits per heavy atom. The summed E-state index contributed by atoms with van der Waals surface area (Å²) in [5.74, 6) is -2.34. The van der Waals surface area contributed by atoms with Crippen molar-refractivity contribution >= 4 is 69.7 Å². The molecule has 164 valence electrons. The lowest BCUT2D eigenvalue weighted by Crippen LogP contribution is -2.71. The van der Waals surface area contributed by atoms with E-state index in [1.807, 2.05) is 0 Å². The molecule has 1 saturated heterocycles. The van der Waals surface area contributed by atoms with Gasteiger partial charge in [-0.05, 0) is 11.5 Å². The molecule has 3 rings (SSSR count). The van der Waals surface area contributed by atoms with Crippen molar-refractivity contribution in [2.24, 2.45) is 10.3 Å². The molecule has 1 aromatic rings. The van der Waals surface area contributed by atoms with Gasteiger partial charge in [0.2, 0.25) is 0 Å². The van der Waals surface area contributed by atoms with E-state index in [1.54, 1.807) is 11.5 Å². The molecule has 12 nitrogen and oxygen atoms in total. The highest BCUT2D eigenvalue weighted by Crippen LogP contribution is 2.43. The maximum Gasteiger partial charge on any atom is 0.353 e. The highest BCUT2D eigenvalue weighted by atomic mass is 32.2. The molecule has 2 aliphatic rings. The Morgan fingerprint density at radius 2 is 2.29 bits per heavy atom. The van der Waals surface area contributed by atoms with E-state index in [0.717, 1.165) is 28.0 Å². The number of β-lactam (4-membered cyclic amide) rings is 1. The number of oxime groups is 2. The largest absolute Gasteiger partial charge is 0.477 e. The fourth-order valence-corrected chi connectivity index (χ4v) is 5.58. The number of amides is 2. The number of fused-ring (bicyclic) bond motifs is 1. The van der Waals surface area contributed by atoms with Crippen LogP contribution in [-0.4, -0.2) is 74.2 Å². The number of carboxylic acids is 1. The molecule has 0 radical (unpaired) electrons. The molecule has 2 aliphatic heterocycles. The summed E-state index contributed by atoms with van der Waals surface area (Å²) in [6.45, 7) is 0. The Labute approximate surface area is 187 Å². The number of anilines is 1. The van der Waals surface area contributed by atoms with Crippen molar-refractivity contribution in [1.82, 2.24) is 15.2 Å². The van der Waals surface area contributed by atoms with E-state index < -0.39 is 34.9 Å². The second-order valence-corrected chi connectivity index (χ2v) is 8.84. The molecule has 2 amide bonds. The number of allylic oxidation sites excluding steroid dienone is 1. The highest BCUT2D eigenvalue weighted by molar-refractivity contribution is 8.08. The summed E-state index contributed by atoms with van der Waals surface area (Å²) in [6.07, 6.45) is 2.96. The van der Waals surface area contributed by atoms with Crippen molar-refractivity contribution in [2.45, 2.75) is 11.4 Å². The zero-order valence-corrected chi connectivity index (χ0v) is 18.2. The zero-order chi connectivity index (χ0) is 22.5. The van der Waals surface area contributed by atoms with Crippen molar-refractivity contribution in [1.29, 1.82) is 0 Å². The molecule has 0 aliphatic carbocycles. The van der Waals surface area contributed by atoms with Gasteiger partial charge >= 0.3 is 5.97 Å². The van der Waals surface area contributed by atoms with Crippen LogP contribution in [0.25, 0.3) is 0 Å². The minimum atomic E-state index is -1.25. The van der Waals surface area contributed by atoms with Gasteiger partial charge in [0, 0.05) is 16.0 Å². The van der Waals surface area contributed by atoms with Gasteiger partial charge in [-0.15, -0.1) is 23.1 Å². The summed E-state index contributed by atoms with van der Waals surface area (Å²) in [5.41, 5.74) is 5.06. The van der Waals surface area contributed by atoms with Crippen LogP contribution >= 0.6 is 34.9 Å². The maximum atomic E-state index is 12.7. The second kappa shape index (κ2) is 9.84. The van der Waals surface area contributed by atoms with Gasteiger partial charge in [0.05, 0.1) is 6.21 Å². The van der Waals surface area contributed by atoms with Crippen molar-refractivity contribution in [3.8, 4) is 0 Å². The molecule has 5 N–H and O–H groups in total. The molecular weight excluding hydrogens is 468 g/mol. The standard InChI is InChI=1S/C16H16N6O6S3/c1-28-18-3-2-4-29-8-6-30-14-10(13(24)22(14)11(8)15(25)26)20-12(23)9(21-27)7-5-31-16(17)19-7/h2-5,10,14,27H,6H2,1H3,(H2,17,19)(H,20,23)(H,25,26)/b4-2+,18-3+,21-9-/t10?,14-/m1/s1. The van der Waals surface area contributed by atoms with E-state index >= 15 is 0 Å². The van der Waals surface area contributed by atoms with Crippen LogP contribution in [0.1, 0.15) is 5.69 Å². The number of rotatable bonds is 8. The van der Waals surface area contributed by atoms with Crippen molar-refractivity contribution in [3.63, 3.8) is 0 Å². The number of nitrogen functional groups attached to an aromatic ring is 1. The topological polar surface area (TPSA) is 180 Å². The highest BCUT2D eigenvalue weighted by Gasteiger charge is 2.54. The molecule has 0 spiro atoms. The molecule has 0 aromatic carbocycles. The van der Waals surface area contributed by atoms with Crippen LogP contribution in [0.3, 0.4) is 0 Å². The fraction of sp³-hybridized carbons (Fsp3) is 0.250. The van der Waals surface area contributed by atoms with Crippen LogP contribution in [-0.2, 0) is 19.2 Å². The number of aliphatic carboxylic acids is 1. The van der Waals surface area contributed by atoms with E-state index in [-0.39, 0.29) is 16.5 Å². The SMILES string of the molecule is CO/N=C/C=C/SC1=C(C(=O)O)N2C(=O)C(NC(=O)/C(=N\O)c3csc(N)n3)[C@H]2SC1. The number of nitrogens with two attached hydrogens (primary N) is 1. The average molecular weight is 485 g/mol. The third-order valence-electron chi connectivity index (χ3n) is 4.04. The Bertz CT molecular complexity index is 1020. The minimum absolute atomic E-state index is 0.0658. The quantitative estimate of drug-likeness (QED) is 0.175. The van der Waals surface area contributed by atoms with Crippen LogP contribution in [0.2, 0.25) is 0 Å². The van der Waals surface area contributed by atoms with Crippen LogP contribution in [0.5, 0.6) is 0 Å². The Hall–Kier alpha value is -3.04. The van der Waals surface area contributed by atoms with Gasteiger partial charge in [-0.2, -0.15) is 0 Å². The van der Waals surface area contributed by atoms with Crippen LogP contribution in [0.4, 0.5) is 5.13 Å². The van der Waals surface area contributed by atoms with Crippen molar-refractivity contribution in [3.05, 3.63) is 33.2 Å². The molecule has 0 saturated carbocycles. The molecule has 1 aromatic heterocycles. The van der Waals surface area contributed by atoms with Gasteiger partial charge in [0.25, 0.3) is 11.8 Å². The normalized spacial score (nSPS) is 21.4. The number of thioether (sulfide) groups is 2. The summed E-state index contributed by atoms with van der Waals surface area (Å²) in [5, 5.41) is 30.4. The first kappa shape index (κ1) is 22.6. The van der Waals surface area contributed by atoms with E-state index in [4.69, 9.17) is 5.73 Å². The third-order valence-corrected chi connectivity index (χ3v) is 7.10. The maximum absolute atomic E-state index is 12.7. The number of hydrogen-bond donors (Lipinski definition) is 4. The van der Waals surface area contributed by atoms with Crippen molar-refractivity contribution < 1.29 is 29.5 Å². The van der Waals surface area contributed by atoms with Gasteiger partial charge in [-0.1, -0.05) is 22.1 Å². The zero-order valence-electron chi connectivity index (χ0n) is 15.8. The van der Waals surface area contributed by atoms with Crippen molar-refractivity contribution in [2.75, 3.05) is 18.6 Å². The number of hydrogen-bond acceptors (Lipinski definition) is 12. The predicted molar refractivity (Wildman–Crippen MR) is 117 cm³/mol. The van der Waals surface area contributed by atoms with Crippen LogP contribution < -0.4 is 11.1 Å². The van der Waals surface area contributed by atoms with E-state index in [2.05, 4.69) is 25.4 Å². The van der Waals surface area contributed by atoms with Crippen LogP contribution in [0.15, 0.2) is 37.8 Å². The molecule has 2 atom stereocenters. The molecule has 1 unspecified atom stereocenters. The smallest absolute Gasteiger partial charge is 0.353 e. The minimum Gasteiger partial charge on any atom is -0.477 e. The number of aromatic nitrogens is 1. The number of carbonyl (C=O) groups excluding carboxylic acids is 2. The third kappa shape index (κ3) is 4.67. The predicted octanol–water partition coefficient (Wildman–Crippen LogP) is 0.479. The average Bonchev–Trinajstić information content (AvgIpc) is 3.17. The fourth-order valence-electron chi connectivity index (χ4n) is 2.75. The summed E-state index contributed by atoms with van der Waals surface area (Å²) < 4.78 is 0. The lowest BCUT2D eigenvalue weighted by atomic mass is 10.0. The van der Waals surface area contributed by atoms with Gasteiger partial charge in [0.1, 0.15) is 29.9 Å². The molecule has 31 heavy (non-hydrogen) atoms. The summed E-state index contributed by atoms with van der Waals surface area (Å²) in [4.78, 5) is 47.0. The van der Waals surface area contributed by atoms with E-state index in [9.17, 15) is 24.7 Å². The first-order valence-electron chi connectivity index (χ1n) is 8.42. The number of thiazole rings is 1. The van der Waals surface area contributed by atoms with Gasteiger partial charge < -0.3 is 26.2 Å². The summed E-state index contributed by atoms with van der Waals surface area (Å²) >= 11 is 3.51. The summed E-state index contributed by atoms with van der Waals surface area (Å²) in [7, 11) is 1.40. The number of nitrogens with zero attached hydrogens (tertiary/aromatic N) is 4. The van der Waals surface area contributed by atoms with E-state index in [0.29, 0.717) is 10.7 Å². The lowest BCUT2D eigenvalue weighted by Gasteiger charge is -2.49. The first-order valence-corrected chi connectivity index (χ1v) is 11.2. The van der Waals surface area contributed by atoms with Gasteiger partial charge in [-0.25, -0.2) is 9.78 Å². The number of carboxylic acid groups (broad SMARTS) is 1. The monoisotopic (exact) mass is 484 g/mol. The molecule has 0 bridgehead atoms. The Kier molecular flexibility index (Phi) is 7.19. The first-order chi connectivity index (χ1) is 14.9.